The summed E-state index contributed by atoms with van der Waals surface area (Å²) in [4.78, 5) is 0. The molecule has 0 aliphatic heterocycles. The zero-order valence-electron chi connectivity index (χ0n) is 11.5. The zero-order valence-corrected chi connectivity index (χ0v) is 13.3. The second kappa shape index (κ2) is 7.74. The number of rotatable bonds is 8. The highest BCUT2D eigenvalue weighted by Crippen LogP contribution is 2.48. The molecule has 1 saturated carbocycles. The van der Waals surface area contributed by atoms with Crippen LogP contribution in [0.25, 0.3) is 0 Å². The van der Waals surface area contributed by atoms with Gasteiger partial charge in [-0.05, 0) is 26.7 Å². The largest absolute Gasteiger partial charge is 0.357 e. The van der Waals surface area contributed by atoms with Gasteiger partial charge in [0.1, 0.15) is 0 Å². The predicted molar refractivity (Wildman–Crippen MR) is 72.6 cm³/mol. The first-order valence-corrected chi connectivity index (χ1v) is 9.90. The lowest BCUT2D eigenvalue weighted by molar-refractivity contribution is 0.197. The molecule has 0 N–H and O–H groups in total. The van der Waals surface area contributed by atoms with Crippen LogP contribution in [0.3, 0.4) is 0 Å². The van der Waals surface area contributed by atoms with E-state index in [1.165, 1.54) is 0 Å². The van der Waals surface area contributed by atoms with Crippen LogP contribution in [0.2, 0.25) is 0 Å². The van der Waals surface area contributed by atoms with E-state index < -0.39 is 29.3 Å². The minimum absolute atomic E-state index is 0.185. The second-order valence-electron chi connectivity index (χ2n) is 4.45. The Morgan fingerprint density at radius 3 is 2.05 bits per heavy atom. The van der Waals surface area contributed by atoms with Gasteiger partial charge in [0.2, 0.25) is 0 Å². The summed E-state index contributed by atoms with van der Waals surface area (Å²) in [5.74, 6) is 0. The fourth-order valence-electron chi connectivity index (χ4n) is 2.09. The molecule has 0 spiro atoms. The molecule has 114 valence electrons. The highest BCUT2D eigenvalue weighted by Gasteiger charge is 2.32. The van der Waals surface area contributed by atoms with Gasteiger partial charge in [0.25, 0.3) is 10.1 Å². The molecule has 0 aromatic heterocycles. The van der Waals surface area contributed by atoms with E-state index in [0.717, 1.165) is 19.3 Å². The Morgan fingerprint density at radius 1 is 1.05 bits per heavy atom. The van der Waals surface area contributed by atoms with Crippen LogP contribution < -0.4 is 0 Å². The monoisotopic (exact) mass is 314 g/mol. The second-order valence-corrected chi connectivity index (χ2v) is 8.33. The van der Waals surface area contributed by atoms with Gasteiger partial charge in [-0.2, -0.15) is 8.42 Å². The van der Waals surface area contributed by atoms with E-state index >= 15 is 0 Å². The van der Waals surface area contributed by atoms with Gasteiger partial charge in [-0.25, -0.2) is 0 Å². The normalized spacial score (nSPS) is 18.6. The fraction of sp³-hybridized carbons (Fsp3) is 1.00. The molecule has 1 rings (SSSR count). The molecule has 0 heterocycles. The molecule has 19 heavy (non-hydrogen) atoms. The maximum atomic E-state index is 12.1. The Bertz CT molecular complexity index is 391. The van der Waals surface area contributed by atoms with Gasteiger partial charge in [-0.15, -0.1) is 0 Å². The van der Waals surface area contributed by atoms with Crippen LogP contribution in [0.15, 0.2) is 0 Å². The van der Waals surface area contributed by atoms with Crippen LogP contribution in [0.1, 0.15) is 46.0 Å². The first-order chi connectivity index (χ1) is 8.93. The number of hydrogen-bond donors (Lipinski definition) is 0. The van der Waals surface area contributed by atoms with Crippen molar-refractivity contribution in [2.24, 2.45) is 0 Å². The van der Waals surface area contributed by atoms with Crippen molar-refractivity contribution in [3.05, 3.63) is 0 Å². The van der Waals surface area contributed by atoms with Crippen molar-refractivity contribution >= 4 is 17.7 Å². The maximum absolute atomic E-state index is 12.1. The van der Waals surface area contributed by atoms with Gasteiger partial charge in [0.15, 0.2) is 6.35 Å². The molecule has 0 amide bonds. The predicted octanol–water partition coefficient (Wildman–Crippen LogP) is 2.89. The Kier molecular flexibility index (Phi) is 6.97. The van der Waals surface area contributed by atoms with E-state index in [9.17, 15) is 13.0 Å². The molecule has 0 unspecified atom stereocenters. The first-order valence-electron chi connectivity index (χ1n) is 6.70. The molecule has 8 heteroatoms. The first kappa shape index (κ1) is 17.1. The Balaban J connectivity index is 2.59. The standard InChI is InChI=1S/C11H23O6PS/c1-3-15-18(12,16-4-2)10-17-19(13,14)11-8-6-5-7-9-11/h11H,3-10H2,1-2H3. The lowest BCUT2D eigenvalue weighted by Crippen LogP contribution is -2.26. The van der Waals surface area contributed by atoms with Crippen LogP contribution in [0.4, 0.5) is 0 Å². The average molecular weight is 314 g/mol. The van der Waals surface area contributed by atoms with Crippen molar-refractivity contribution in [1.82, 2.24) is 0 Å². The topological polar surface area (TPSA) is 78.9 Å². The summed E-state index contributed by atoms with van der Waals surface area (Å²) in [6.07, 6.45) is 3.52. The summed E-state index contributed by atoms with van der Waals surface area (Å²) < 4.78 is 51.0. The van der Waals surface area contributed by atoms with Gasteiger partial charge >= 0.3 is 7.60 Å². The Hall–Kier alpha value is 0.0600. The van der Waals surface area contributed by atoms with Crippen molar-refractivity contribution in [3.8, 4) is 0 Å². The average Bonchev–Trinajstić information content (AvgIpc) is 2.38. The van der Waals surface area contributed by atoms with Crippen LogP contribution in [-0.2, 0) is 27.9 Å². The van der Waals surface area contributed by atoms with Crippen molar-refractivity contribution in [3.63, 3.8) is 0 Å². The zero-order chi connectivity index (χ0) is 14.4. The van der Waals surface area contributed by atoms with E-state index in [-0.39, 0.29) is 13.2 Å². The smallest absolute Gasteiger partial charge is 0.307 e. The molecule has 0 atom stereocenters. The molecule has 0 saturated heterocycles. The van der Waals surface area contributed by atoms with E-state index in [4.69, 9.17) is 13.2 Å². The van der Waals surface area contributed by atoms with E-state index in [1.54, 1.807) is 13.8 Å². The molecule has 0 aromatic rings. The molecule has 1 aliphatic carbocycles. The van der Waals surface area contributed by atoms with Crippen LogP contribution >= 0.6 is 7.60 Å². The van der Waals surface area contributed by atoms with Crippen molar-refractivity contribution < 1.29 is 26.2 Å². The maximum Gasteiger partial charge on any atom is 0.357 e. The van der Waals surface area contributed by atoms with Crippen molar-refractivity contribution in [2.75, 3.05) is 19.6 Å². The lowest BCUT2D eigenvalue weighted by Gasteiger charge is -2.22. The van der Waals surface area contributed by atoms with Gasteiger partial charge in [-0.1, -0.05) is 19.3 Å². The highest BCUT2D eigenvalue weighted by molar-refractivity contribution is 7.87. The summed E-state index contributed by atoms with van der Waals surface area (Å²) in [5.41, 5.74) is 0. The highest BCUT2D eigenvalue weighted by atomic mass is 32.2. The quantitative estimate of drug-likeness (QED) is 0.506. The summed E-state index contributed by atoms with van der Waals surface area (Å²) in [5, 5.41) is -0.488. The minimum atomic E-state index is -3.69. The van der Waals surface area contributed by atoms with Crippen LogP contribution in [0, 0.1) is 0 Å². The molecular formula is C11H23O6PS. The van der Waals surface area contributed by atoms with Crippen molar-refractivity contribution in [2.45, 2.75) is 51.2 Å². The Morgan fingerprint density at radius 2 is 1.58 bits per heavy atom. The van der Waals surface area contributed by atoms with Gasteiger partial charge in [0, 0.05) is 0 Å². The molecule has 0 aromatic carbocycles. The number of hydrogen-bond acceptors (Lipinski definition) is 6. The van der Waals surface area contributed by atoms with Crippen molar-refractivity contribution in [1.29, 1.82) is 0 Å². The molecule has 0 radical (unpaired) electrons. The third-order valence-corrected chi connectivity index (χ3v) is 6.64. The SMILES string of the molecule is CCOP(=O)(COS(=O)(=O)C1CCCCC1)OCC. The minimum Gasteiger partial charge on any atom is -0.307 e. The molecule has 1 aliphatic rings. The van der Waals surface area contributed by atoms with E-state index in [2.05, 4.69) is 0 Å². The Labute approximate surface area is 115 Å². The molecule has 6 nitrogen and oxygen atoms in total. The fourth-order valence-corrected chi connectivity index (χ4v) is 5.31. The molecule has 0 bridgehead atoms. The summed E-state index contributed by atoms with van der Waals surface area (Å²) >= 11 is 0. The van der Waals surface area contributed by atoms with Gasteiger partial charge in [0.05, 0.1) is 18.5 Å². The van der Waals surface area contributed by atoms with E-state index in [1.807, 2.05) is 0 Å². The lowest BCUT2D eigenvalue weighted by atomic mass is 10.0. The summed E-state index contributed by atoms with van der Waals surface area (Å²) in [7, 11) is -7.15. The third kappa shape index (κ3) is 5.52. The van der Waals surface area contributed by atoms with Gasteiger partial charge < -0.3 is 9.05 Å². The third-order valence-electron chi connectivity index (χ3n) is 2.99. The summed E-state index contributed by atoms with van der Waals surface area (Å²) in [6.45, 7) is 3.71. The van der Waals surface area contributed by atoms with Crippen LogP contribution in [-0.4, -0.2) is 33.2 Å². The molecule has 1 fully saturated rings. The van der Waals surface area contributed by atoms with Gasteiger partial charge in [-0.3, -0.25) is 8.75 Å². The molecular weight excluding hydrogens is 291 g/mol. The van der Waals surface area contributed by atoms with E-state index in [0.29, 0.717) is 12.8 Å². The summed E-state index contributed by atoms with van der Waals surface area (Å²) in [6, 6.07) is 0. The van der Waals surface area contributed by atoms with Crippen LogP contribution in [0.5, 0.6) is 0 Å².